The molecule has 2 aromatic rings. The van der Waals surface area contributed by atoms with Crippen molar-refractivity contribution in [2.75, 3.05) is 11.5 Å². The first kappa shape index (κ1) is 20.2. The number of carbonyl (C=O) groups is 4. The Kier molecular flexibility index (Phi) is 5.74. The number of anilines is 1. The average Bonchev–Trinajstić information content (AvgIpc) is 2.64. The van der Waals surface area contributed by atoms with Gasteiger partial charge in [-0.3, -0.25) is 14.9 Å². The highest BCUT2D eigenvalue weighted by atomic mass is 79.9. The number of ether oxygens (including phenoxy) is 1. The third-order valence-corrected chi connectivity index (χ3v) is 4.41. The van der Waals surface area contributed by atoms with Gasteiger partial charge in [0.15, 0.2) is 6.61 Å². The molecule has 0 unspecified atom stereocenters. The van der Waals surface area contributed by atoms with Crippen LogP contribution in [0.5, 0.6) is 5.75 Å². The molecule has 0 saturated carbocycles. The monoisotopic (exact) mass is 462 g/mol. The molecular weight excluding hydrogens is 451 g/mol. The molecule has 2 aromatic carbocycles. The first-order chi connectivity index (χ1) is 13.8. The van der Waals surface area contributed by atoms with Crippen molar-refractivity contribution in [2.45, 2.75) is 0 Å². The maximum atomic E-state index is 13.5. The average molecular weight is 463 g/mol. The van der Waals surface area contributed by atoms with Gasteiger partial charge in [0.25, 0.3) is 11.8 Å². The fourth-order valence-corrected chi connectivity index (χ4v) is 3.05. The number of nitrogens with zero attached hydrogens (tertiary/aromatic N) is 1. The van der Waals surface area contributed by atoms with E-state index in [2.05, 4.69) is 15.9 Å². The minimum absolute atomic E-state index is 0.0236. The lowest BCUT2D eigenvalue weighted by Gasteiger charge is -2.26. The molecule has 0 spiro atoms. The third-order valence-electron chi connectivity index (χ3n) is 3.79. The summed E-state index contributed by atoms with van der Waals surface area (Å²) in [5.74, 6) is -3.34. The lowest BCUT2D eigenvalue weighted by atomic mass is 10.1. The van der Waals surface area contributed by atoms with E-state index in [1.807, 2.05) is 5.32 Å². The van der Waals surface area contributed by atoms with E-state index < -0.39 is 36.2 Å². The number of nitrogens with one attached hydrogen (secondary N) is 1. The molecule has 2 N–H and O–H groups in total. The second kappa shape index (κ2) is 8.23. The van der Waals surface area contributed by atoms with Gasteiger partial charge in [-0.15, -0.1) is 0 Å². The number of hydrogen-bond donors (Lipinski definition) is 2. The van der Waals surface area contributed by atoms with Gasteiger partial charge in [-0.2, -0.15) is 0 Å². The summed E-state index contributed by atoms with van der Waals surface area (Å²) in [7, 11) is 0. The number of hydrogen-bond acceptors (Lipinski definition) is 5. The first-order valence-electron chi connectivity index (χ1n) is 8.07. The van der Waals surface area contributed by atoms with Gasteiger partial charge in [0, 0.05) is 0 Å². The normalized spacial score (nSPS) is 15.4. The van der Waals surface area contributed by atoms with Crippen LogP contribution in [-0.2, 0) is 14.4 Å². The van der Waals surface area contributed by atoms with Gasteiger partial charge in [0.2, 0.25) is 0 Å². The van der Waals surface area contributed by atoms with E-state index in [9.17, 15) is 23.6 Å². The largest absolute Gasteiger partial charge is 0.481 e. The van der Waals surface area contributed by atoms with Gasteiger partial charge in [0.05, 0.1) is 10.2 Å². The summed E-state index contributed by atoms with van der Waals surface area (Å²) in [5.41, 5.74) is 0.0519. The number of benzene rings is 2. The molecule has 10 heteroatoms. The zero-order valence-electron chi connectivity index (χ0n) is 14.5. The van der Waals surface area contributed by atoms with Crippen molar-refractivity contribution >= 4 is 51.5 Å². The molecule has 0 radical (unpaired) electrons. The van der Waals surface area contributed by atoms with Crippen LogP contribution in [0, 0.1) is 5.82 Å². The maximum absolute atomic E-state index is 13.5. The van der Waals surface area contributed by atoms with Crippen LogP contribution in [0.2, 0.25) is 0 Å². The second-order valence-electron chi connectivity index (χ2n) is 5.81. The molecule has 1 aliphatic heterocycles. The van der Waals surface area contributed by atoms with Gasteiger partial charge in [-0.05, 0) is 57.9 Å². The maximum Gasteiger partial charge on any atom is 0.341 e. The minimum Gasteiger partial charge on any atom is -0.481 e. The van der Waals surface area contributed by atoms with Crippen LogP contribution in [0.3, 0.4) is 0 Å². The van der Waals surface area contributed by atoms with Crippen molar-refractivity contribution in [3.8, 4) is 5.75 Å². The molecule has 29 heavy (non-hydrogen) atoms. The molecule has 1 saturated heterocycles. The Morgan fingerprint density at radius 1 is 1.21 bits per heavy atom. The highest BCUT2D eigenvalue weighted by Crippen LogP contribution is 2.28. The van der Waals surface area contributed by atoms with Crippen molar-refractivity contribution < 1.29 is 33.4 Å². The number of imide groups is 2. The zero-order valence-corrected chi connectivity index (χ0v) is 16.1. The highest BCUT2D eigenvalue weighted by molar-refractivity contribution is 9.10. The van der Waals surface area contributed by atoms with Crippen LogP contribution >= 0.6 is 15.9 Å². The van der Waals surface area contributed by atoms with Crippen molar-refractivity contribution in [2.24, 2.45) is 0 Å². The molecule has 1 fully saturated rings. The Labute approximate surface area is 171 Å². The van der Waals surface area contributed by atoms with E-state index in [1.165, 1.54) is 36.4 Å². The smallest absolute Gasteiger partial charge is 0.341 e. The van der Waals surface area contributed by atoms with E-state index >= 15 is 0 Å². The molecule has 148 valence electrons. The summed E-state index contributed by atoms with van der Waals surface area (Å²) in [6.45, 7) is -0.537. The van der Waals surface area contributed by atoms with Crippen molar-refractivity contribution in [1.29, 1.82) is 0 Å². The summed E-state index contributed by atoms with van der Waals surface area (Å²) in [5, 5.41) is 10.7. The number of carbonyl (C=O) groups excluding carboxylic acids is 3. The van der Waals surface area contributed by atoms with Crippen LogP contribution in [0.4, 0.5) is 14.9 Å². The van der Waals surface area contributed by atoms with Crippen LogP contribution in [0.1, 0.15) is 5.56 Å². The van der Waals surface area contributed by atoms with Crippen LogP contribution in [0.15, 0.2) is 52.5 Å². The predicted molar refractivity (Wildman–Crippen MR) is 103 cm³/mol. The molecule has 8 nitrogen and oxygen atoms in total. The lowest BCUT2D eigenvalue weighted by Crippen LogP contribution is -2.54. The SMILES string of the molecule is O=C(O)COc1ccc(/C=C2\C(=O)NC(=O)N(c3cccc(F)c3)C2=O)cc1Br. The molecule has 0 atom stereocenters. The molecule has 4 amide bonds. The molecule has 1 aliphatic rings. The number of halogens is 2. The number of barbiturate groups is 1. The quantitative estimate of drug-likeness (QED) is 0.521. The zero-order chi connectivity index (χ0) is 21.1. The van der Waals surface area contributed by atoms with Crippen molar-refractivity contribution in [3.63, 3.8) is 0 Å². The number of amides is 4. The number of urea groups is 1. The minimum atomic E-state index is -1.14. The van der Waals surface area contributed by atoms with E-state index in [0.717, 1.165) is 12.1 Å². The second-order valence-corrected chi connectivity index (χ2v) is 6.66. The van der Waals surface area contributed by atoms with Crippen LogP contribution in [0.25, 0.3) is 6.08 Å². The summed E-state index contributed by atoms with van der Waals surface area (Å²) < 4.78 is 19.0. The standard InChI is InChI=1S/C19H12BrFN2O6/c20-14-7-10(4-5-15(14)29-9-16(24)25)6-13-17(26)22-19(28)23(18(13)27)12-3-1-2-11(21)8-12/h1-8H,9H2,(H,24,25)(H,22,26,28)/b13-6+. The lowest BCUT2D eigenvalue weighted by molar-refractivity contribution is -0.139. The Bertz CT molecular complexity index is 1070. The van der Waals surface area contributed by atoms with Gasteiger partial charge < -0.3 is 9.84 Å². The van der Waals surface area contributed by atoms with Crippen LogP contribution < -0.4 is 15.0 Å². The van der Waals surface area contributed by atoms with E-state index in [4.69, 9.17) is 9.84 Å². The predicted octanol–water partition coefficient (Wildman–Crippen LogP) is 2.72. The third kappa shape index (κ3) is 4.49. The Hall–Kier alpha value is -3.53. The molecule has 0 bridgehead atoms. The number of rotatable bonds is 5. The summed E-state index contributed by atoms with van der Waals surface area (Å²) >= 11 is 3.22. The number of carboxylic acids is 1. The fraction of sp³-hybridized carbons (Fsp3) is 0.0526. The number of aliphatic carboxylic acids is 1. The Morgan fingerprint density at radius 2 is 1.97 bits per heavy atom. The van der Waals surface area contributed by atoms with Crippen LogP contribution in [-0.4, -0.2) is 35.5 Å². The summed E-state index contributed by atoms with van der Waals surface area (Å²) in [6, 6.07) is 8.32. The molecule has 0 aromatic heterocycles. The first-order valence-corrected chi connectivity index (χ1v) is 8.86. The number of carboxylic acid groups (broad SMARTS) is 1. The Balaban J connectivity index is 1.92. The Morgan fingerprint density at radius 3 is 2.62 bits per heavy atom. The summed E-state index contributed by atoms with van der Waals surface area (Å²) in [6.07, 6.45) is 1.25. The van der Waals surface area contributed by atoms with Gasteiger partial charge in [-0.25, -0.2) is 18.9 Å². The highest BCUT2D eigenvalue weighted by Gasteiger charge is 2.36. The molecule has 1 heterocycles. The van der Waals surface area contributed by atoms with E-state index in [1.54, 1.807) is 0 Å². The molecule has 0 aliphatic carbocycles. The van der Waals surface area contributed by atoms with Crippen molar-refractivity contribution in [1.82, 2.24) is 5.32 Å². The molecule has 3 rings (SSSR count). The van der Waals surface area contributed by atoms with Crippen molar-refractivity contribution in [3.05, 3.63) is 63.9 Å². The van der Waals surface area contributed by atoms with Gasteiger partial charge >= 0.3 is 12.0 Å². The van der Waals surface area contributed by atoms with E-state index in [-0.39, 0.29) is 17.0 Å². The fourth-order valence-electron chi connectivity index (χ4n) is 2.54. The summed E-state index contributed by atoms with van der Waals surface area (Å²) in [4.78, 5) is 48.3. The molecular formula is C19H12BrFN2O6. The topological polar surface area (TPSA) is 113 Å². The van der Waals surface area contributed by atoms with Gasteiger partial charge in [0.1, 0.15) is 17.1 Å². The van der Waals surface area contributed by atoms with Gasteiger partial charge in [-0.1, -0.05) is 12.1 Å². The van der Waals surface area contributed by atoms with E-state index in [0.29, 0.717) is 14.9 Å².